The van der Waals surface area contributed by atoms with Crippen molar-refractivity contribution in [2.24, 2.45) is 46.3 Å². The highest BCUT2D eigenvalue weighted by Crippen LogP contribution is 2.73. The van der Waals surface area contributed by atoms with Crippen LogP contribution in [0.1, 0.15) is 96.7 Å². The number of rotatable bonds is 5. The van der Waals surface area contributed by atoms with Crippen LogP contribution in [0.15, 0.2) is 0 Å². The molecule has 0 aromatic carbocycles. The molecule has 5 fully saturated rings. The van der Waals surface area contributed by atoms with Gasteiger partial charge in [-0.3, -0.25) is 4.79 Å². The van der Waals surface area contributed by atoms with Crippen molar-refractivity contribution in [1.29, 1.82) is 0 Å². The van der Waals surface area contributed by atoms with Gasteiger partial charge in [-0.1, -0.05) is 6.92 Å². The third kappa shape index (κ3) is 3.21. The highest BCUT2D eigenvalue weighted by Gasteiger charge is 2.66. The second-order valence-electron chi connectivity index (χ2n) is 12.8. The fourth-order valence-corrected chi connectivity index (χ4v) is 10.2. The van der Waals surface area contributed by atoms with E-state index in [0.717, 1.165) is 49.3 Å². The maximum atomic E-state index is 13.6. The molecule has 1 aromatic heterocycles. The fourth-order valence-electron chi connectivity index (χ4n) is 10.2. The Morgan fingerprint density at radius 1 is 1.03 bits per heavy atom. The van der Waals surface area contributed by atoms with Gasteiger partial charge in [0.2, 0.25) is 0 Å². The zero-order valence-electron chi connectivity index (χ0n) is 20.8. The number of carbonyl (C=O) groups excluding carboxylic acids is 1. The van der Waals surface area contributed by atoms with Crippen LogP contribution >= 0.6 is 0 Å². The van der Waals surface area contributed by atoms with Gasteiger partial charge >= 0.3 is 0 Å². The summed E-state index contributed by atoms with van der Waals surface area (Å²) < 4.78 is 1.69. The Balaban J connectivity index is 1.28. The number of ketones is 1. The second kappa shape index (κ2) is 7.60. The largest absolute Gasteiger partial charge is 0.390 e. The zero-order valence-corrected chi connectivity index (χ0v) is 20.8. The number of fused-ring (bicyclic) bond motifs is 5. The molecule has 5 saturated carbocycles. The summed E-state index contributed by atoms with van der Waals surface area (Å²) in [6, 6.07) is 0. The van der Waals surface area contributed by atoms with Crippen molar-refractivity contribution in [3.63, 3.8) is 0 Å². The van der Waals surface area contributed by atoms with Crippen molar-refractivity contribution < 1.29 is 9.90 Å². The molecule has 6 rings (SSSR count). The molecule has 0 saturated heterocycles. The minimum absolute atomic E-state index is 0.165. The van der Waals surface area contributed by atoms with E-state index in [1.807, 2.05) is 6.92 Å². The number of carbonyl (C=O) groups is 1. The van der Waals surface area contributed by atoms with Crippen LogP contribution in [0.4, 0.5) is 0 Å². The molecule has 0 spiro atoms. The van der Waals surface area contributed by atoms with Crippen molar-refractivity contribution in [1.82, 2.24) is 20.2 Å². The number of tetrazole rings is 1. The summed E-state index contributed by atoms with van der Waals surface area (Å²) in [6.07, 6.45) is 14.6. The Hall–Kier alpha value is -1.30. The molecule has 8 atom stereocenters. The number of aryl methyl sites for hydroxylation is 1. The fraction of sp³-hybridized carbons (Fsp3) is 0.926. The average Bonchev–Trinajstić information content (AvgIpc) is 3.46. The summed E-state index contributed by atoms with van der Waals surface area (Å²) in [6.45, 7) is 6.64. The number of hydrogen-bond acceptors (Lipinski definition) is 5. The first-order valence-electron chi connectivity index (χ1n) is 13.8. The third-order valence-corrected chi connectivity index (χ3v) is 11.6. The summed E-state index contributed by atoms with van der Waals surface area (Å²) in [7, 11) is 0. The summed E-state index contributed by atoms with van der Waals surface area (Å²) in [4.78, 5) is 13.6. The molecule has 0 bridgehead atoms. The molecule has 1 aromatic rings. The van der Waals surface area contributed by atoms with Gasteiger partial charge in [-0.2, -0.15) is 0 Å². The van der Waals surface area contributed by atoms with Gasteiger partial charge in [0.1, 0.15) is 12.4 Å². The molecule has 5 aliphatic rings. The first-order valence-corrected chi connectivity index (χ1v) is 13.8. The molecule has 0 aliphatic heterocycles. The van der Waals surface area contributed by atoms with Crippen LogP contribution in [-0.4, -0.2) is 36.7 Å². The van der Waals surface area contributed by atoms with E-state index in [4.69, 9.17) is 0 Å². The van der Waals surface area contributed by atoms with Crippen LogP contribution < -0.4 is 0 Å². The van der Waals surface area contributed by atoms with E-state index < -0.39 is 5.60 Å². The van der Waals surface area contributed by atoms with Crippen molar-refractivity contribution in [3.05, 3.63) is 5.82 Å². The van der Waals surface area contributed by atoms with E-state index in [1.165, 1.54) is 51.4 Å². The van der Waals surface area contributed by atoms with Crippen molar-refractivity contribution in [2.75, 3.05) is 0 Å². The van der Waals surface area contributed by atoms with Gasteiger partial charge in [-0.05, 0) is 142 Å². The SMILES string of the molecule is CC[C@]12CC[C@H]3[C@@H](CC[C@@H]4C[C@](C)(O)CC[C@@]43C3CC3)[C@@H]1CC[C@@H]2C(=O)Cn1nnnc1C. The minimum atomic E-state index is -0.461. The van der Waals surface area contributed by atoms with Crippen LogP contribution in [0.3, 0.4) is 0 Å². The van der Waals surface area contributed by atoms with Gasteiger partial charge in [0.25, 0.3) is 0 Å². The predicted molar refractivity (Wildman–Crippen MR) is 125 cm³/mol. The van der Waals surface area contributed by atoms with Crippen molar-refractivity contribution in [2.45, 2.75) is 110 Å². The maximum Gasteiger partial charge on any atom is 0.158 e. The molecule has 33 heavy (non-hydrogen) atoms. The standard InChI is InChI=1S/C27H42N4O2/c1-4-26-12-11-22-20(8-7-19-15-25(3,33)13-14-27(19,22)18-5-6-18)21(26)9-10-23(26)24(32)16-31-17(2)28-29-30-31/h18-23,33H,4-16H2,1-3H3/t19-,20+,21+,22+,23-,25-,26+,27-/m1/s1. The van der Waals surface area contributed by atoms with E-state index in [2.05, 4.69) is 29.4 Å². The Labute approximate surface area is 198 Å². The monoisotopic (exact) mass is 454 g/mol. The Morgan fingerprint density at radius 2 is 1.82 bits per heavy atom. The van der Waals surface area contributed by atoms with E-state index in [-0.39, 0.29) is 11.3 Å². The third-order valence-electron chi connectivity index (χ3n) is 11.6. The summed E-state index contributed by atoms with van der Waals surface area (Å²) in [5.74, 6) is 5.17. The molecule has 0 amide bonds. The lowest BCUT2D eigenvalue weighted by molar-refractivity contribution is -0.168. The lowest BCUT2D eigenvalue weighted by atomic mass is 9.41. The molecular formula is C27H42N4O2. The van der Waals surface area contributed by atoms with E-state index in [9.17, 15) is 9.90 Å². The van der Waals surface area contributed by atoms with E-state index >= 15 is 0 Å². The highest BCUT2D eigenvalue weighted by molar-refractivity contribution is 5.82. The van der Waals surface area contributed by atoms with Crippen LogP contribution in [0.25, 0.3) is 0 Å². The number of nitrogens with zero attached hydrogens (tertiary/aromatic N) is 4. The predicted octanol–water partition coefficient (Wildman–Crippen LogP) is 4.74. The molecular weight excluding hydrogens is 412 g/mol. The van der Waals surface area contributed by atoms with Gasteiger partial charge < -0.3 is 5.11 Å². The number of Topliss-reactive ketones (excluding diaryl/α,β-unsaturated/α-hetero) is 1. The molecule has 5 aliphatic carbocycles. The molecule has 1 heterocycles. The van der Waals surface area contributed by atoms with E-state index in [0.29, 0.717) is 29.6 Å². The summed E-state index contributed by atoms with van der Waals surface area (Å²) in [5.41, 5.74) is 0.200. The molecule has 1 N–H and O–H groups in total. The summed E-state index contributed by atoms with van der Waals surface area (Å²) >= 11 is 0. The Kier molecular flexibility index (Phi) is 5.11. The van der Waals surface area contributed by atoms with Crippen LogP contribution in [0.2, 0.25) is 0 Å². The molecule has 6 nitrogen and oxygen atoms in total. The second-order valence-corrected chi connectivity index (χ2v) is 12.8. The normalized spacial score (nSPS) is 47.0. The van der Waals surface area contributed by atoms with Crippen LogP contribution in [-0.2, 0) is 11.3 Å². The average molecular weight is 455 g/mol. The van der Waals surface area contributed by atoms with Crippen LogP contribution in [0, 0.1) is 53.3 Å². The number of hydrogen-bond donors (Lipinski definition) is 1. The van der Waals surface area contributed by atoms with Gasteiger partial charge in [-0.15, -0.1) is 5.10 Å². The quantitative estimate of drug-likeness (QED) is 0.695. The summed E-state index contributed by atoms with van der Waals surface area (Å²) in [5, 5.41) is 22.7. The van der Waals surface area contributed by atoms with Crippen LogP contribution in [0.5, 0.6) is 0 Å². The highest BCUT2D eigenvalue weighted by atomic mass is 16.3. The number of aliphatic hydroxyl groups is 1. The first-order chi connectivity index (χ1) is 15.8. The van der Waals surface area contributed by atoms with Crippen molar-refractivity contribution >= 4 is 5.78 Å². The molecule has 0 radical (unpaired) electrons. The smallest absolute Gasteiger partial charge is 0.158 e. The van der Waals surface area contributed by atoms with E-state index in [1.54, 1.807) is 4.68 Å². The lowest BCUT2D eigenvalue weighted by Crippen LogP contribution is -2.58. The Morgan fingerprint density at radius 3 is 2.52 bits per heavy atom. The first kappa shape index (κ1) is 22.2. The molecule has 6 heteroatoms. The topological polar surface area (TPSA) is 80.9 Å². The zero-order chi connectivity index (χ0) is 23.0. The van der Waals surface area contributed by atoms with Gasteiger partial charge in [0, 0.05) is 5.92 Å². The number of aromatic nitrogens is 4. The lowest BCUT2D eigenvalue weighted by Gasteiger charge is -2.63. The Bertz CT molecular complexity index is 923. The van der Waals surface area contributed by atoms with Gasteiger partial charge in [-0.25, -0.2) is 4.68 Å². The van der Waals surface area contributed by atoms with Gasteiger partial charge in [0.15, 0.2) is 5.78 Å². The van der Waals surface area contributed by atoms with Crippen molar-refractivity contribution in [3.8, 4) is 0 Å². The molecule has 182 valence electrons. The maximum absolute atomic E-state index is 13.6. The minimum Gasteiger partial charge on any atom is -0.390 e. The van der Waals surface area contributed by atoms with Gasteiger partial charge in [0.05, 0.1) is 5.60 Å². The molecule has 0 unspecified atom stereocenters.